The van der Waals surface area contributed by atoms with E-state index >= 15 is 0 Å². The van der Waals surface area contributed by atoms with Gasteiger partial charge in [0.15, 0.2) is 0 Å². The van der Waals surface area contributed by atoms with E-state index in [1.54, 1.807) is 7.11 Å². The number of carbonyl (C=O) groups is 1. The molecule has 2 N–H and O–H groups in total. The number of carbonyl (C=O) groups excluding carboxylic acids is 1. The molecule has 0 radical (unpaired) electrons. The van der Waals surface area contributed by atoms with Crippen molar-refractivity contribution in [3.05, 3.63) is 0 Å². The number of hydrogen-bond donors (Lipinski definition) is 2. The van der Waals surface area contributed by atoms with Crippen LogP contribution in [0.4, 0.5) is 0 Å². The highest BCUT2D eigenvalue weighted by atomic mass is 16.5. The van der Waals surface area contributed by atoms with Gasteiger partial charge in [-0.15, -0.1) is 0 Å². The average Bonchev–Trinajstić information content (AvgIpc) is 2.83. The normalized spacial score (nSPS) is 23.9. The van der Waals surface area contributed by atoms with Crippen molar-refractivity contribution < 1.29 is 14.3 Å². The molecule has 1 heterocycles. The van der Waals surface area contributed by atoms with E-state index in [2.05, 4.69) is 10.6 Å². The van der Waals surface area contributed by atoms with Gasteiger partial charge in [0.05, 0.1) is 25.4 Å². The molecule has 1 atom stereocenters. The first-order chi connectivity index (χ1) is 8.25. The van der Waals surface area contributed by atoms with Gasteiger partial charge in [-0.05, 0) is 25.8 Å². The topological polar surface area (TPSA) is 59.6 Å². The molecule has 1 aliphatic heterocycles. The van der Waals surface area contributed by atoms with E-state index in [1.807, 2.05) is 6.92 Å². The molecule has 0 spiro atoms. The van der Waals surface area contributed by atoms with Gasteiger partial charge in [-0.1, -0.05) is 6.92 Å². The molecule has 100 valence electrons. The SMILES string of the molecule is CCC1(C(=O)NCCOCCOC)CCCN1. The summed E-state index contributed by atoms with van der Waals surface area (Å²) in [5.41, 5.74) is -0.341. The lowest BCUT2D eigenvalue weighted by Gasteiger charge is -2.26. The van der Waals surface area contributed by atoms with E-state index in [9.17, 15) is 4.79 Å². The number of ether oxygens (including phenoxy) is 2. The minimum absolute atomic E-state index is 0.104. The Balaban J connectivity index is 2.15. The summed E-state index contributed by atoms with van der Waals surface area (Å²) in [6, 6.07) is 0. The van der Waals surface area contributed by atoms with E-state index in [-0.39, 0.29) is 11.4 Å². The summed E-state index contributed by atoms with van der Waals surface area (Å²) in [6.07, 6.45) is 2.84. The third kappa shape index (κ3) is 4.26. The van der Waals surface area contributed by atoms with Crippen LogP contribution in [0.3, 0.4) is 0 Å². The minimum Gasteiger partial charge on any atom is -0.382 e. The monoisotopic (exact) mass is 244 g/mol. The Hall–Kier alpha value is -0.650. The highest BCUT2D eigenvalue weighted by Crippen LogP contribution is 2.22. The molecule has 0 aliphatic carbocycles. The van der Waals surface area contributed by atoms with Crippen molar-refractivity contribution in [2.45, 2.75) is 31.7 Å². The highest BCUT2D eigenvalue weighted by molar-refractivity contribution is 5.86. The van der Waals surface area contributed by atoms with E-state index in [0.717, 1.165) is 25.8 Å². The van der Waals surface area contributed by atoms with Crippen molar-refractivity contribution in [2.24, 2.45) is 0 Å². The molecule has 17 heavy (non-hydrogen) atoms. The molecule has 0 bridgehead atoms. The maximum Gasteiger partial charge on any atom is 0.240 e. The first kappa shape index (κ1) is 14.4. The number of amides is 1. The predicted molar refractivity (Wildman–Crippen MR) is 66.0 cm³/mol. The summed E-state index contributed by atoms with van der Waals surface area (Å²) in [4.78, 5) is 12.0. The molecule has 0 aromatic carbocycles. The third-order valence-electron chi connectivity index (χ3n) is 3.25. The summed E-state index contributed by atoms with van der Waals surface area (Å²) in [6.45, 7) is 5.25. The molecule has 0 aromatic heterocycles. The van der Waals surface area contributed by atoms with Crippen LogP contribution in [0.5, 0.6) is 0 Å². The van der Waals surface area contributed by atoms with Crippen molar-refractivity contribution in [1.29, 1.82) is 0 Å². The fraction of sp³-hybridized carbons (Fsp3) is 0.917. The van der Waals surface area contributed by atoms with Crippen LogP contribution in [0.1, 0.15) is 26.2 Å². The molecule has 5 heteroatoms. The maximum absolute atomic E-state index is 12.0. The smallest absolute Gasteiger partial charge is 0.240 e. The van der Waals surface area contributed by atoms with Crippen LogP contribution < -0.4 is 10.6 Å². The van der Waals surface area contributed by atoms with Gasteiger partial charge in [-0.3, -0.25) is 4.79 Å². The Kier molecular flexibility index (Phi) is 6.47. The summed E-state index contributed by atoms with van der Waals surface area (Å²) in [5.74, 6) is 0.104. The molecule has 1 saturated heterocycles. The van der Waals surface area contributed by atoms with Gasteiger partial charge in [0.2, 0.25) is 5.91 Å². The van der Waals surface area contributed by atoms with Crippen LogP contribution in [-0.4, -0.2) is 51.5 Å². The van der Waals surface area contributed by atoms with E-state index in [0.29, 0.717) is 26.4 Å². The molecule has 1 aliphatic rings. The van der Waals surface area contributed by atoms with Crippen LogP contribution in [0, 0.1) is 0 Å². The molecule has 1 fully saturated rings. The van der Waals surface area contributed by atoms with E-state index in [1.165, 1.54) is 0 Å². The number of methoxy groups -OCH3 is 1. The first-order valence-corrected chi connectivity index (χ1v) is 6.35. The second-order valence-corrected chi connectivity index (χ2v) is 4.33. The molecule has 1 amide bonds. The van der Waals surface area contributed by atoms with Crippen molar-refractivity contribution in [1.82, 2.24) is 10.6 Å². The summed E-state index contributed by atoms with van der Waals surface area (Å²) < 4.78 is 10.2. The Morgan fingerprint density at radius 1 is 1.41 bits per heavy atom. The first-order valence-electron chi connectivity index (χ1n) is 6.35. The molecule has 1 rings (SSSR count). The van der Waals surface area contributed by atoms with Gasteiger partial charge in [0.1, 0.15) is 0 Å². The zero-order valence-electron chi connectivity index (χ0n) is 10.9. The molecule has 5 nitrogen and oxygen atoms in total. The molecule has 0 saturated carbocycles. The fourth-order valence-corrected chi connectivity index (χ4v) is 2.11. The minimum atomic E-state index is -0.341. The zero-order chi connectivity index (χ0) is 12.6. The Labute approximate surface area is 103 Å². The quantitative estimate of drug-likeness (QED) is 0.603. The molecule has 1 unspecified atom stereocenters. The predicted octanol–water partition coefficient (Wildman–Crippen LogP) is 0.298. The average molecular weight is 244 g/mol. The van der Waals surface area contributed by atoms with Crippen LogP contribution >= 0.6 is 0 Å². The lowest BCUT2D eigenvalue weighted by molar-refractivity contribution is -0.127. The molecular weight excluding hydrogens is 220 g/mol. The third-order valence-corrected chi connectivity index (χ3v) is 3.25. The van der Waals surface area contributed by atoms with Gasteiger partial charge in [-0.2, -0.15) is 0 Å². The lowest BCUT2D eigenvalue weighted by Crippen LogP contribution is -2.53. The molecule has 0 aromatic rings. The summed E-state index contributed by atoms with van der Waals surface area (Å²) in [5, 5.41) is 6.23. The number of rotatable bonds is 8. The van der Waals surface area contributed by atoms with Crippen LogP contribution in [0.15, 0.2) is 0 Å². The lowest BCUT2D eigenvalue weighted by atomic mass is 9.93. The van der Waals surface area contributed by atoms with Crippen LogP contribution in [0.2, 0.25) is 0 Å². The molecular formula is C12H24N2O3. The number of hydrogen-bond acceptors (Lipinski definition) is 4. The largest absolute Gasteiger partial charge is 0.382 e. The van der Waals surface area contributed by atoms with Crippen molar-refractivity contribution in [3.63, 3.8) is 0 Å². The standard InChI is InChI=1S/C12H24N2O3/c1-3-12(5-4-6-14-12)11(15)13-7-8-17-10-9-16-2/h14H,3-10H2,1-2H3,(H,13,15). The highest BCUT2D eigenvalue weighted by Gasteiger charge is 2.38. The van der Waals surface area contributed by atoms with Crippen LogP contribution in [-0.2, 0) is 14.3 Å². The Bertz CT molecular complexity index is 228. The maximum atomic E-state index is 12.0. The van der Waals surface area contributed by atoms with Gasteiger partial charge < -0.3 is 20.1 Å². The van der Waals surface area contributed by atoms with Crippen LogP contribution in [0.25, 0.3) is 0 Å². The van der Waals surface area contributed by atoms with Crippen molar-refractivity contribution >= 4 is 5.91 Å². The number of nitrogens with one attached hydrogen (secondary N) is 2. The Morgan fingerprint density at radius 2 is 2.24 bits per heavy atom. The summed E-state index contributed by atoms with van der Waals surface area (Å²) in [7, 11) is 1.64. The van der Waals surface area contributed by atoms with Gasteiger partial charge >= 0.3 is 0 Å². The second-order valence-electron chi connectivity index (χ2n) is 4.33. The zero-order valence-corrected chi connectivity index (χ0v) is 10.9. The fourth-order valence-electron chi connectivity index (χ4n) is 2.11. The second kappa shape index (κ2) is 7.63. The van der Waals surface area contributed by atoms with Gasteiger partial charge in [-0.25, -0.2) is 0 Å². The van der Waals surface area contributed by atoms with Crippen molar-refractivity contribution in [3.8, 4) is 0 Å². The van der Waals surface area contributed by atoms with E-state index < -0.39 is 0 Å². The van der Waals surface area contributed by atoms with Gasteiger partial charge in [0, 0.05) is 13.7 Å². The van der Waals surface area contributed by atoms with Crippen molar-refractivity contribution in [2.75, 3.05) is 40.0 Å². The van der Waals surface area contributed by atoms with E-state index in [4.69, 9.17) is 9.47 Å². The van der Waals surface area contributed by atoms with Gasteiger partial charge in [0.25, 0.3) is 0 Å². The Morgan fingerprint density at radius 3 is 2.82 bits per heavy atom. The summed E-state index contributed by atoms with van der Waals surface area (Å²) >= 11 is 0.